The van der Waals surface area contributed by atoms with E-state index < -0.39 is 0 Å². The minimum Gasteiger partial charge on any atom is -0.504 e. The van der Waals surface area contributed by atoms with Crippen molar-refractivity contribution in [2.24, 2.45) is 11.8 Å². The number of hydrogen-bond acceptors (Lipinski definition) is 6. The van der Waals surface area contributed by atoms with Gasteiger partial charge in [0.05, 0.1) is 21.3 Å². The Hall–Kier alpha value is -2.44. The summed E-state index contributed by atoms with van der Waals surface area (Å²) < 4.78 is 15.7. The SMILES string of the molecule is COc1cc(C[C@@H](CO)[C@H](CO)Cc2ccc(OC)c(OC)c2)ccc1O. The van der Waals surface area contributed by atoms with Gasteiger partial charge in [0.2, 0.25) is 0 Å². The van der Waals surface area contributed by atoms with E-state index in [9.17, 15) is 15.3 Å². The van der Waals surface area contributed by atoms with E-state index >= 15 is 0 Å². The standard InChI is InChI=1S/C21H28O6/c1-25-19-7-5-15(11-21(19)27-3)9-17(13-23)16(12-22)8-14-4-6-18(24)20(10-14)26-2/h4-7,10-11,16-17,22-24H,8-9,12-13H2,1-3H3/t16-,17-/m0/s1. The predicted molar refractivity (Wildman–Crippen MR) is 103 cm³/mol. The van der Waals surface area contributed by atoms with Crippen LogP contribution in [0, 0.1) is 11.8 Å². The van der Waals surface area contributed by atoms with E-state index in [-0.39, 0.29) is 30.8 Å². The summed E-state index contributed by atoms with van der Waals surface area (Å²) in [6.45, 7) is -0.101. The molecule has 0 aliphatic heterocycles. The fraction of sp³-hybridized carbons (Fsp3) is 0.429. The number of ether oxygens (including phenoxy) is 3. The number of phenols is 1. The molecule has 0 amide bonds. The second-order valence-electron chi connectivity index (χ2n) is 6.49. The van der Waals surface area contributed by atoms with E-state index in [2.05, 4.69) is 0 Å². The first-order chi connectivity index (χ1) is 13.1. The first-order valence-electron chi connectivity index (χ1n) is 8.84. The number of aromatic hydroxyl groups is 1. The normalized spacial score (nSPS) is 13.1. The average molecular weight is 376 g/mol. The molecule has 2 aromatic carbocycles. The van der Waals surface area contributed by atoms with Gasteiger partial charge in [-0.15, -0.1) is 0 Å². The van der Waals surface area contributed by atoms with E-state index in [4.69, 9.17) is 14.2 Å². The van der Waals surface area contributed by atoms with Crippen LogP contribution < -0.4 is 14.2 Å². The van der Waals surface area contributed by atoms with Crippen LogP contribution in [0.15, 0.2) is 36.4 Å². The highest BCUT2D eigenvalue weighted by atomic mass is 16.5. The Balaban J connectivity index is 2.16. The quantitative estimate of drug-likeness (QED) is 0.590. The van der Waals surface area contributed by atoms with Gasteiger partial charge in [-0.05, 0) is 60.1 Å². The molecule has 2 rings (SSSR count). The maximum Gasteiger partial charge on any atom is 0.160 e. The maximum atomic E-state index is 9.91. The molecule has 0 unspecified atom stereocenters. The Morgan fingerprint density at radius 2 is 1.19 bits per heavy atom. The molecule has 6 heteroatoms. The molecule has 3 N–H and O–H groups in total. The number of methoxy groups -OCH3 is 3. The molecule has 0 aliphatic carbocycles. The Bertz CT molecular complexity index is 731. The van der Waals surface area contributed by atoms with Crippen molar-refractivity contribution in [3.05, 3.63) is 47.5 Å². The molecular formula is C21H28O6. The fourth-order valence-electron chi connectivity index (χ4n) is 3.22. The van der Waals surface area contributed by atoms with Gasteiger partial charge in [0, 0.05) is 13.2 Å². The van der Waals surface area contributed by atoms with Crippen molar-refractivity contribution < 1.29 is 29.5 Å². The monoisotopic (exact) mass is 376 g/mol. The van der Waals surface area contributed by atoms with Gasteiger partial charge >= 0.3 is 0 Å². The van der Waals surface area contributed by atoms with Gasteiger partial charge in [0.1, 0.15) is 0 Å². The Kier molecular flexibility index (Phi) is 7.76. The lowest BCUT2D eigenvalue weighted by Gasteiger charge is -2.25. The van der Waals surface area contributed by atoms with E-state index in [0.29, 0.717) is 30.1 Å². The minimum atomic E-state index is -0.141. The second-order valence-corrected chi connectivity index (χ2v) is 6.49. The van der Waals surface area contributed by atoms with Crippen LogP contribution in [0.5, 0.6) is 23.0 Å². The molecule has 0 heterocycles. The lowest BCUT2D eigenvalue weighted by molar-refractivity contribution is 0.119. The van der Waals surface area contributed by atoms with E-state index in [0.717, 1.165) is 11.1 Å². The third-order valence-corrected chi connectivity index (χ3v) is 4.82. The van der Waals surface area contributed by atoms with Crippen molar-refractivity contribution in [2.75, 3.05) is 34.5 Å². The van der Waals surface area contributed by atoms with Gasteiger partial charge in [-0.1, -0.05) is 12.1 Å². The summed E-state index contributed by atoms with van der Waals surface area (Å²) in [6.07, 6.45) is 1.16. The Morgan fingerprint density at radius 1 is 0.704 bits per heavy atom. The maximum absolute atomic E-state index is 9.91. The lowest BCUT2D eigenvalue weighted by atomic mass is 9.83. The summed E-state index contributed by atoms with van der Waals surface area (Å²) in [5, 5.41) is 29.5. The van der Waals surface area contributed by atoms with Crippen molar-refractivity contribution in [1.82, 2.24) is 0 Å². The highest BCUT2D eigenvalue weighted by Gasteiger charge is 2.22. The fourth-order valence-corrected chi connectivity index (χ4v) is 3.22. The third-order valence-electron chi connectivity index (χ3n) is 4.82. The Labute approximate surface area is 159 Å². The van der Waals surface area contributed by atoms with Crippen molar-refractivity contribution in [2.45, 2.75) is 12.8 Å². The van der Waals surface area contributed by atoms with Gasteiger partial charge in [-0.2, -0.15) is 0 Å². The van der Waals surface area contributed by atoms with Crippen molar-refractivity contribution in [1.29, 1.82) is 0 Å². The Morgan fingerprint density at radius 3 is 1.67 bits per heavy atom. The lowest BCUT2D eigenvalue weighted by Crippen LogP contribution is -2.26. The number of hydrogen-bond donors (Lipinski definition) is 3. The average Bonchev–Trinajstić information content (AvgIpc) is 2.71. The smallest absolute Gasteiger partial charge is 0.160 e. The minimum absolute atomic E-state index is 0.0468. The highest BCUT2D eigenvalue weighted by molar-refractivity contribution is 5.43. The van der Waals surface area contributed by atoms with Crippen LogP contribution in [0.3, 0.4) is 0 Å². The molecule has 0 aromatic heterocycles. The third kappa shape index (κ3) is 5.28. The summed E-state index contributed by atoms with van der Waals surface area (Å²) in [4.78, 5) is 0. The molecule has 27 heavy (non-hydrogen) atoms. The molecule has 0 spiro atoms. The zero-order valence-electron chi connectivity index (χ0n) is 16.0. The van der Waals surface area contributed by atoms with Crippen molar-refractivity contribution in [3.8, 4) is 23.0 Å². The van der Waals surface area contributed by atoms with Crippen LogP contribution in [-0.4, -0.2) is 49.9 Å². The van der Waals surface area contributed by atoms with Crippen LogP contribution in [0.25, 0.3) is 0 Å². The van der Waals surface area contributed by atoms with E-state index in [1.54, 1.807) is 32.4 Å². The van der Waals surface area contributed by atoms with Gasteiger partial charge < -0.3 is 29.5 Å². The van der Waals surface area contributed by atoms with Crippen molar-refractivity contribution in [3.63, 3.8) is 0 Å². The molecular weight excluding hydrogens is 348 g/mol. The molecule has 0 saturated heterocycles. The topological polar surface area (TPSA) is 88.4 Å². The molecule has 0 bridgehead atoms. The summed E-state index contributed by atoms with van der Waals surface area (Å²) >= 11 is 0. The summed E-state index contributed by atoms with van der Waals surface area (Å²) in [7, 11) is 4.66. The van der Waals surface area contributed by atoms with Gasteiger partial charge in [-0.3, -0.25) is 0 Å². The first-order valence-corrected chi connectivity index (χ1v) is 8.84. The molecule has 0 fully saturated rings. The molecule has 6 nitrogen and oxygen atoms in total. The zero-order chi connectivity index (χ0) is 19.8. The molecule has 2 atom stereocenters. The van der Waals surface area contributed by atoms with Gasteiger partial charge in [-0.25, -0.2) is 0 Å². The molecule has 148 valence electrons. The van der Waals surface area contributed by atoms with E-state index in [1.807, 2.05) is 18.2 Å². The van der Waals surface area contributed by atoms with Crippen LogP contribution in [-0.2, 0) is 12.8 Å². The summed E-state index contributed by atoms with van der Waals surface area (Å²) in [5.74, 6) is 1.48. The van der Waals surface area contributed by atoms with E-state index in [1.165, 1.54) is 7.11 Å². The first kappa shape index (κ1) is 20.9. The number of phenolic OH excluding ortho intramolecular Hbond substituents is 1. The molecule has 2 aromatic rings. The summed E-state index contributed by atoms with van der Waals surface area (Å²) in [5.41, 5.74) is 1.92. The van der Waals surface area contributed by atoms with Crippen molar-refractivity contribution >= 4 is 0 Å². The predicted octanol–water partition coefficient (Wildman–Crippen LogP) is 2.42. The van der Waals surface area contributed by atoms with Crippen LogP contribution >= 0.6 is 0 Å². The van der Waals surface area contributed by atoms with Crippen LogP contribution in [0.4, 0.5) is 0 Å². The largest absolute Gasteiger partial charge is 0.504 e. The van der Waals surface area contributed by atoms with Gasteiger partial charge in [0.25, 0.3) is 0 Å². The second kappa shape index (κ2) is 10.0. The molecule has 0 saturated carbocycles. The number of rotatable bonds is 10. The number of aliphatic hydroxyl groups is 2. The zero-order valence-corrected chi connectivity index (χ0v) is 16.0. The van der Waals surface area contributed by atoms with Crippen LogP contribution in [0.1, 0.15) is 11.1 Å². The highest BCUT2D eigenvalue weighted by Crippen LogP contribution is 2.31. The molecule has 0 radical (unpaired) electrons. The van der Waals surface area contributed by atoms with Gasteiger partial charge in [0.15, 0.2) is 23.0 Å². The molecule has 0 aliphatic rings. The number of benzene rings is 2. The van der Waals surface area contributed by atoms with Crippen LogP contribution in [0.2, 0.25) is 0 Å². The number of aliphatic hydroxyl groups excluding tert-OH is 2. The summed E-state index contributed by atoms with van der Waals surface area (Å²) in [6, 6.07) is 10.8.